The molecule has 0 saturated carbocycles. The Morgan fingerprint density at radius 1 is 1.00 bits per heavy atom. The van der Waals surface area contributed by atoms with Crippen LogP contribution in [0.3, 0.4) is 0 Å². The molecule has 0 amide bonds. The third-order valence-corrected chi connectivity index (χ3v) is 3.18. The lowest BCUT2D eigenvalue weighted by Gasteiger charge is -2.10. The zero-order chi connectivity index (χ0) is 12.8. The number of rotatable bonds is 5. The third-order valence-electron chi connectivity index (χ3n) is 2.50. The smallest absolute Gasteiger partial charge is 0.202 e. The molecule has 18 heavy (non-hydrogen) atoms. The SMILES string of the molecule is O=C(c1ccccc1)C(Br)OCc1ccccc1. The Bertz CT molecular complexity index is 496. The van der Waals surface area contributed by atoms with Crippen molar-refractivity contribution in [3.63, 3.8) is 0 Å². The number of carbonyl (C=O) groups excluding carboxylic acids is 1. The van der Waals surface area contributed by atoms with E-state index in [1.54, 1.807) is 12.1 Å². The van der Waals surface area contributed by atoms with E-state index in [-0.39, 0.29) is 5.78 Å². The molecule has 0 heterocycles. The second kappa shape index (κ2) is 6.47. The van der Waals surface area contributed by atoms with E-state index >= 15 is 0 Å². The van der Waals surface area contributed by atoms with Gasteiger partial charge in [0.25, 0.3) is 0 Å². The van der Waals surface area contributed by atoms with Crippen LogP contribution in [0, 0.1) is 0 Å². The van der Waals surface area contributed by atoms with E-state index in [4.69, 9.17) is 4.74 Å². The molecule has 0 aliphatic rings. The van der Waals surface area contributed by atoms with Crippen LogP contribution in [-0.4, -0.2) is 10.8 Å². The first-order valence-corrected chi connectivity index (χ1v) is 6.58. The topological polar surface area (TPSA) is 26.3 Å². The van der Waals surface area contributed by atoms with E-state index in [2.05, 4.69) is 15.9 Å². The molecular weight excluding hydrogens is 292 g/mol. The molecule has 0 aliphatic heterocycles. The fourth-order valence-electron chi connectivity index (χ4n) is 1.55. The summed E-state index contributed by atoms with van der Waals surface area (Å²) in [5.74, 6) is -0.0634. The van der Waals surface area contributed by atoms with E-state index in [9.17, 15) is 4.79 Å². The van der Waals surface area contributed by atoms with Crippen molar-refractivity contribution >= 4 is 21.7 Å². The molecule has 2 rings (SSSR count). The maximum absolute atomic E-state index is 12.0. The maximum Gasteiger partial charge on any atom is 0.202 e. The number of ether oxygens (including phenoxy) is 1. The highest BCUT2D eigenvalue weighted by Crippen LogP contribution is 2.13. The minimum absolute atomic E-state index is 0.0634. The molecule has 0 N–H and O–H groups in total. The van der Waals surface area contributed by atoms with Crippen molar-refractivity contribution in [3.8, 4) is 0 Å². The molecule has 0 saturated heterocycles. The Balaban J connectivity index is 1.93. The predicted octanol–water partition coefficient (Wildman–Crippen LogP) is 3.81. The number of alkyl halides is 1. The molecule has 1 atom stereocenters. The Kier molecular flexibility index (Phi) is 4.67. The zero-order valence-corrected chi connectivity index (χ0v) is 11.3. The van der Waals surface area contributed by atoms with Gasteiger partial charge in [-0.3, -0.25) is 4.79 Å². The van der Waals surface area contributed by atoms with Gasteiger partial charge in [0, 0.05) is 5.56 Å². The highest BCUT2D eigenvalue weighted by Gasteiger charge is 2.16. The van der Waals surface area contributed by atoms with Crippen molar-refractivity contribution in [1.82, 2.24) is 0 Å². The van der Waals surface area contributed by atoms with Crippen LogP contribution < -0.4 is 0 Å². The van der Waals surface area contributed by atoms with Gasteiger partial charge >= 0.3 is 0 Å². The number of hydrogen-bond acceptors (Lipinski definition) is 2. The Labute approximate surface area is 115 Å². The lowest BCUT2D eigenvalue weighted by molar-refractivity contribution is 0.0652. The summed E-state index contributed by atoms with van der Waals surface area (Å²) >= 11 is 3.27. The summed E-state index contributed by atoms with van der Waals surface area (Å²) in [5.41, 5.74) is 1.69. The molecule has 2 aromatic carbocycles. The molecule has 0 aromatic heterocycles. The van der Waals surface area contributed by atoms with Crippen LogP contribution in [0.25, 0.3) is 0 Å². The summed E-state index contributed by atoms with van der Waals surface area (Å²) in [4.78, 5) is 12.0. The van der Waals surface area contributed by atoms with Crippen LogP contribution in [0.4, 0.5) is 0 Å². The highest BCUT2D eigenvalue weighted by molar-refractivity contribution is 9.09. The van der Waals surface area contributed by atoms with E-state index in [0.29, 0.717) is 12.2 Å². The van der Waals surface area contributed by atoms with Crippen LogP contribution in [0.15, 0.2) is 60.7 Å². The van der Waals surface area contributed by atoms with Crippen LogP contribution in [0.2, 0.25) is 0 Å². The molecule has 3 heteroatoms. The molecule has 0 spiro atoms. The number of carbonyl (C=O) groups is 1. The molecule has 0 fully saturated rings. The third kappa shape index (κ3) is 3.52. The monoisotopic (exact) mass is 304 g/mol. The molecule has 0 bridgehead atoms. The molecular formula is C15H13BrO2. The molecule has 0 aliphatic carbocycles. The fourth-order valence-corrected chi connectivity index (χ4v) is 1.95. The van der Waals surface area contributed by atoms with Crippen LogP contribution in [0.1, 0.15) is 15.9 Å². The summed E-state index contributed by atoms with van der Waals surface area (Å²) in [6.07, 6.45) is 0. The van der Waals surface area contributed by atoms with Crippen molar-refractivity contribution in [2.75, 3.05) is 0 Å². The van der Waals surface area contributed by atoms with E-state index < -0.39 is 5.01 Å². The quantitative estimate of drug-likeness (QED) is 0.620. The normalized spacial score (nSPS) is 12.1. The number of halogens is 1. The molecule has 0 radical (unpaired) electrons. The van der Waals surface area contributed by atoms with E-state index in [1.807, 2.05) is 48.5 Å². The van der Waals surface area contributed by atoms with Gasteiger partial charge in [-0.15, -0.1) is 0 Å². The van der Waals surface area contributed by atoms with Gasteiger partial charge in [-0.25, -0.2) is 0 Å². The van der Waals surface area contributed by atoms with Gasteiger partial charge in [0.1, 0.15) is 0 Å². The van der Waals surface area contributed by atoms with Crippen molar-refractivity contribution < 1.29 is 9.53 Å². The lowest BCUT2D eigenvalue weighted by Crippen LogP contribution is -2.17. The first-order valence-electron chi connectivity index (χ1n) is 5.66. The van der Waals surface area contributed by atoms with E-state index in [1.165, 1.54) is 0 Å². The molecule has 1 unspecified atom stereocenters. The number of ketones is 1. The number of hydrogen-bond donors (Lipinski definition) is 0. The van der Waals surface area contributed by atoms with Crippen LogP contribution >= 0.6 is 15.9 Å². The van der Waals surface area contributed by atoms with E-state index in [0.717, 1.165) is 5.56 Å². The van der Waals surface area contributed by atoms with Gasteiger partial charge in [-0.05, 0) is 21.5 Å². The van der Waals surface area contributed by atoms with Gasteiger partial charge in [0.15, 0.2) is 5.01 Å². The minimum atomic E-state index is -0.611. The predicted molar refractivity (Wildman–Crippen MR) is 74.7 cm³/mol. The molecule has 92 valence electrons. The van der Waals surface area contributed by atoms with Crippen LogP contribution in [0.5, 0.6) is 0 Å². The average Bonchev–Trinajstić information content (AvgIpc) is 2.46. The van der Waals surface area contributed by atoms with Crippen molar-refractivity contribution in [1.29, 1.82) is 0 Å². The minimum Gasteiger partial charge on any atom is -0.354 e. The van der Waals surface area contributed by atoms with Crippen molar-refractivity contribution in [2.24, 2.45) is 0 Å². The molecule has 2 aromatic rings. The standard InChI is InChI=1S/C15H13BrO2/c16-15(14(17)13-9-5-2-6-10-13)18-11-12-7-3-1-4-8-12/h1-10,15H,11H2. The van der Waals surface area contributed by atoms with Gasteiger partial charge < -0.3 is 4.74 Å². The maximum atomic E-state index is 12.0. The first kappa shape index (κ1) is 13.0. The highest BCUT2D eigenvalue weighted by atomic mass is 79.9. The second-order valence-corrected chi connectivity index (χ2v) is 4.67. The van der Waals surface area contributed by atoms with Gasteiger partial charge in [0.2, 0.25) is 5.78 Å². The van der Waals surface area contributed by atoms with Crippen molar-refractivity contribution in [2.45, 2.75) is 11.6 Å². The van der Waals surface area contributed by atoms with Crippen LogP contribution in [-0.2, 0) is 11.3 Å². The largest absolute Gasteiger partial charge is 0.354 e. The Hall–Kier alpha value is -1.45. The summed E-state index contributed by atoms with van der Waals surface area (Å²) in [5, 5.41) is -0.611. The average molecular weight is 305 g/mol. The molecule has 2 nitrogen and oxygen atoms in total. The lowest BCUT2D eigenvalue weighted by atomic mass is 10.1. The summed E-state index contributed by atoms with van der Waals surface area (Å²) in [6, 6.07) is 18.9. The summed E-state index contributed by atoms with van der Waals surface area (Å²) in [7, 11) is 0. The van der Waals surface area contributed by atoms with Gasteiger partial charge in [-0.2, -0.15) is 0 Å². The zero-order valence-electron chi connectivity index (χ0n) is 9.75. The van der Waals surface area contributed by atoms with Gasteiger partial charge in [-0.1, -0.05) is 60.7 Å². The summed E-state index contributed by atoms with van der Waals surface area (Å²) < 4.78 is 5.51. The second-order valence-electron chi connectivity index (χ2n) is 3.84. The van der Waals surface area contributed by atoms with Gasteiger partial charge in [0.05, 0.1) is 6.61 Å². The number of Topliss-reactive ketones (excluding diaryl/α,β-unsaturated/α-hetero) is 1. The first-order chi connectivity index (χ1) is 8.77. The summed E-state index contributed by atoms with van der Waals surface area (Å²) in [6.45, 7) is 0.412. The number of benzene rings is 2. The Morgan fingerprint density at radius 3 is 2.17 bits per heavy atom. The fraction of sp³-hybridized carbons (Fsp3) is 0.133. The van der Waals surface area contributed by atoms with Crippen molar-refractivity contribution in [3.05, 3.63) is 71.8 Å². The Morgan fingerprint density at radius 2 is 1.56 bits per heavy atom.